The number of nitrogens with zero attached hydrogens (tertiary/aromatic N) is 1. The Labute approximate surface area is 106 Å². The van der Waals surface area contributed by atoms with Crippen LogP contribution < -0.4 is 10.5 Å². The molecular formula is C11H15N3O3S. The second-order valence-corrected chi connectivity index (χ2v) is 5.88. The molecule has 0 bridgehead atoms. The first-order chi connectivity index (χ1) is 8.38. The van der Waals surface area contributed by atoms with Gasteiger partial charge in [0, 0.05) is 19.3 Å². The van der Waals surface area contributed by atoms with Crippen molar-refractivity contribution in [3.63, 3.8) is 0 Å². The fourth-order valence-corrected chi connectivity index (χ4v) is 2.41. The number of primary sulfonamides is 1. The van der Waals surface area contributed by atoms with E-state index >= 15 is 0 Å². The lowest BCUT2D eigenvalue weighted by Crippen LogP contribution is -2.30. The molecule has 1 aliphatic heterocycles. The van der Waals surface area contributed by atoms with Crippen molar-refractivity contribution in [3.05, 3.63) is 24.3 Å². The van der Waals surface area contributed by atoms with Gasteiger partial charge in [-0.15, -0.1) is 0 Å². The number of likely N-dealkylation sites (tertiary alicyclic amines) is 1. The largest absolute Gasteiger partial charge is 0.374 e. The number of hydrogen-bond acceptors (Lipinski definition) is 4. The lowest BCUT2D eigenvalue weighted by molar-refractivity contribution is -0.127. The van der Waals surface area contributed by atoms with Gasteiger partial charge in [0.25, 0.3) is 0 Å². The van der Waals surface area contributed by atoms with Gasteiger partial charge in [0.2, 0.25) is 15.9 Å². The van der Waals surface area contributed by atoms with E-state index in [9.17, 15) is 13.2 Å². The first kappa shape index (κ1) is 12.8. The standard InChI is InChI=1S/C11H15N3O3S/c1-14-7-6-10(11(14)15)13-8-2-4-9(5-3-8)18(12,16)17/h2-5,10,13H,6-7H2,1H3,(H2,12,16,17). The van der Waals surface area contributed by atoms with Crippen LogP contribution in [0.15, 0.2) is 29.2 Å². The molecule has 0 aliphatic carbocycles. The lowest BCUT2D eigenvalue weighted by Gasteiger charge is -2.13. The number of rotatable bonds is 3. The van der Waals surface area contributed by atoms with Crippen molar-refractivity contribution in [2.45, 2.75) is 17.4 Å². The van der Waals surface area contributed by atoms with E-state index in [0.29, 0.717) is 5.69 Å². The Kier molecular flexibility index (Phi) is 3.27. The molecule has 1 aromatic rings. The lowest BCUT2D eigenvalue weighted by atomic mass is 10.2. The van der Waals surface area contributed by atoms with Crippen LogP contribution in [0.2, 0.25) is 0 Å². The maximum absolute atomic E-state index is 11.7. The summed E-state index contributed by atoms with van der Waals surface area (Å²) in [7, 11) is -1.91. The van der Waals surface area contributed by atoms with Gasteiger partial charge in [0.15, 0.2) is 0 Å². The molecule has 0 aromatic heterocycles. The molecule has 0 saturated carbocycles. The highest BCUT2D eigenvalue weighted by atomic mass is 32.2. The number of sulfonamides is 1. The minimum atomic E-state index is -3.67. The summed E-state index contributed by atoms with van der Waals surface area (Å²) in [6.45, 7) is 0.728. The fourth-order valence-electron chi connectivity index (χ4n) is 1.90. The minimum absolute atomic E-state index is 0.0468. The summed E-state index contributed by atoms with van der Waals surface area (Å²) in [5.41, 5.74) is 0.705. The second kappa shape index (κ2) is 4.58. The van der Waals surface area contributed by atoms with E-state index in [1.54, 1.807) is 24.1 Å². The van der Waals surface area contributed by atoms with Crippen molar-refractivity contribution in [1.29, 1.82) is 0 Å². The number of anilines is 1. The van der Waals surface area contributed by atoms with Gasteiger partial charge in [-0.1, -0.05) is 0 Å². The highest BCUT2D eigenvalue weighted by Crippen LogP contribution is 2.17. The first-order valence-electron chi connectivity index (χ1n) is 5.52. The number of amides is 1. The van der Waals surface area contributed by atoms with Crippen LogP contribution in [-0.2, 0) is 14.8 Å². The van der Waals surface area contributed by atoms with E-state index in [-0.39, 0.29) is 16.8 Å². The Morgan fingerprint density at radius 2 is 1.94 bits per heavy atom. The van der Waals surface area contributed by atoms with E-state index in [0.717, 1.165) is 13.0 Å². The Morgan fingerprint density at radius 1 is 1.33 bits per heavy atom. The molecule has 2 rings (SSSR count). The molecule has 7 heteroatoms. The van der Waals surface area contributed by atoms with Crippen molar-refractivity contribution in [3.8, 4) is 0 Å². The highest BCUT2D eigenvalue weighted by Gasteiger charge is 2.28. The van der Waals surface area contributed by atoms with Crippen LogP contribution in [0.1, 0.15) is 6.42 Å². The van der Waals surface area contributed by atoms with Crippen molar-refractivity contribution >= 4 is 21.6 Å². The van der Waals surface area contributed by atoms with E-state index in [2.05, 4.69) is 5.32 Å². The van der Waals surface area contributed by atoms with Crippen molar-refractivity contribution in [2.24, 2.45) is 5.14 Å². The summed E-state index contributed by atoms with van der Waals surface area (Å²) in [6.07, 6.45) is 0.742. The number of carbonyl (C=O) groups is 1. The van der Waals surface area contributed by atoms with Gasteiger partial charge in [-0.25, -0.2) is 13.6 Å². The maximum atomic E-state index is 11.7. The zero-order valence-corrected chi connectivity index (χ0v) is 10.8. The number of nitrogens with one attached hydrogen (secondary N) is 1. The van der Waals surface area contributed by atoms with Gasteiger partial charge in [0.1, 0.15) is 6.04 Å². The third-order valence-electron chi connectivity index (χ3n) is 2.95. The summed E-state index contributed by atoms with van der Waals surface area (Å²) in [5, 5.41) is 8.07. The summed E-state index contributed by atoms with van der Waals surface area (Å²) in [6, 6.07) is 5.80. The fraction of sp³-hybridized carbons (Fsp3) is 0.364. The number of carbonyl (C=O) groups excluding carboxylic acids is 1. The normalized spacial score (nSPS) is 20.2. The predicted molar refractivity (Wildman–Crippen MR) is 67.5 cm³/mol. The Morgan fingerprint density at radius 3 is 2.39 bits per heavy atom. The summed E-state index contributed by atoms with van der Waals surface area (Å²) >= 11 is 0. The molecule has 1 aromatic carbocycles. The number of hydrogen-bond donors (Lipinski definition) is 2. The molecule has 0 radical (unpaired) electrons. The van der Waals surface area contributed by atoms with Crippen molar-refractivity contribution in [2.75, 3.05) is 18.9 Å². The average Bonchev–Trinajstić information content (AvgIpc) is 2.61. The van der Waals surface area contributed by atoms with E-state index in [1.165, 1.54) is 12.1 Å². The van der Waals surface area contributed by atoms with Gasteiger partial charge in [-0.05, 0) is 30.7 Å². The Balaban J connectivity index is 2.10. The molecule has 1 fully saturated rings. The highest BCUT2D eigenvalue weighted by molar-refractivity contribution is 7.89. The molecular weight excluding hydrogens is 254 g/mol. The van der Waals surface area contributed by atoms with Crippen LogP contribution >= 0.6 is 0 Å². The predicted octanol–water partition coefficient (Wildman–Crippen LogP) is -0.0234. The molecule has 1 amide bonds. The Hall–Kier alpha value is -1.60. The Bertz CT molecular complexity index is 553. The molecule has 3 N–H and O–H groups in total. The topological polar surface area (TPSA) is 92.5 Å². The molecule has 1 heterocycles. The molecule has 1 atom stereocenters. The number of benzene rings is 1. The molecule has 1 saturated heterocycles. The van der Waals surface area contributed by atoms with Crippen LogP contribution in [0, 0.1) is 0 Å². The molecule has 0 spiro atoms. The molecule has 98 valence electrons. The SMILES string of the molecule is CN1CCC(Nc2ccc(S(N)(=O)=O)cc2)C1=O. The van der Waals surface area contributed by atoms with Crippen molar-refractivity contribution in [1.82, 2.24) is 4.90 Å². The summed E-state index contributed by atoms with van der Waals surface area (Å²) < 4.78 is 22.2. The van der Waals surface area contributed by atoms with Gasteiger partial charge < -0.3 is 10.2 Å². The van der Waals surface area contributed by atoms with Crippen molar-refractivity contribution < 1.29 is 13.2 Å². The number of nitrogens with two attached hydrogens (primary N) is 1. The van der Waals surface area contributed by atoms with Gasteiger partial charge >= 0.3 is 0 Å². The summed E-state index contributed by atoms with van der Waals surface area (Å²) in [5.74, 6) is 0.0468. The maximum Gasteiger partial charge on any atom is 0.244 e. The summed E-state index contributed by atoms with van der Waals surface area (Å²) in [4.78, 5) is 13.4. The first-order valence-corrected chi connectivity index (χ1v) is 7.07. The van der Waals surface area contributed by atoms with Crippen LogP contribution in [-0.4, -0.2) is 38.9 Å². The third-order valence-corrected chi connectivity index (χ3v) is 3.88. The van der Waals surface area contributed by atoms with E-state index in [4.69, 9.17) is 5.14 Å². The van der Waals surface area contributed by atoms with Crippen LogP contribution in [0.25, 0.3) is 0 Å². The monoisotopic (exact) mass is 269 g/mol. The molecule has 6 nitrogen and oxygen atoms in total. The van der Waals surface area contributed by atoms with Crippen LogP contribution in [0.3, 0.4) is 0 Å². The quantitative estimate of drug-likeness (QED) is 0.806. The van der Waals surface area contributed by atoms with E-state index in [1.807, 2.05) is 0 Å². The van der Waals surface area contributed by atoms with Gasteiger partial charge in [0.05, 0.1) is 4.90 Å². The van der Waals surface area contributed by atoms with Crippen LogP contribution in [0.4, 0.5) is 5.69 Å². The van der Waals surface area contributed by atoms with Gasteiger partial charge in [-0.2, -0.15) is 0 Å². The third kappa shape index (κ3) is 2.62. The van der Waals surface area contributed by atoms with Gasteiger partial charge in [-0.3, -0.25) is 4.79 Å². The zero-order chi connectivity index (χ0) is 13.3. The molecule has 1 unspecified atom stereocenters. The number of likely N-dealkylation sites (N-methyl/N-ethyl adjacent to an activating group) is 1. The smallest absolute Gasteiger partial charge is 0.244 e. The molecule has 18 heavy (non-hydrogen) atoms. The van der Waals surface area contributed by atoms with E-state index < -0.39 is 10.0 Å². The van der Waals surface area contributed by atoms with Crippen LogP contribution in [0.5, 0.6) is 0 Å². The molecule has 1 aliphatic rings. The minimum Gasteiger partial charge on any atom is -0.374 e. The second-order valence-electron chi connectivity index (χ2n) is 4.31. The average molecular weight is 269 g/mol. The zero-order valence-electron chi connectivity index (χ0n) is 9.96.